The molecule has 1 aliphatic heterocycles. The van der Waals surface area contributed by atoms with Gasteiger partial charge in [0.25, 0.3) is 0 Å². The summed E-state index contributed by atoms with van der Waals surface area (Å²) < 4.78 is 5.25. The number of benzene rings is 1. The van der Waals surface area contributed by atoms with Crippen LogP contribution in [0.3, 0.4) is 0 Å². The van der Waals surface area contributed by atoms with Crippen molar-refractivity contribution in [3.8, 4) is 0 Å². The van der Waals surface area contributed by atoms with E-state index < -0.39 is 11.0 Å². The van der Waals surface area contributed by atoms with E-state index in [9.17, 15) is 14.9 Å². The summed E-state index contributed by atoms with van der Waals surface area (Å²) >= 11 is 0. The maximum Gasteiger partial charge on any atom is 0.407 e. The number of amides is 1. The fourth-order valence-electron chi connectivity index (χ4n) is 3.03. The van der Waals surface area contributed by atoms with Crippen molar-refractivity contribution in [2.75, 3.05) is 18.0 Å². The van der Waals surface area contributed by atoms with Gasteiger partial charge in [0.15, 0.2) is 0 Å². The lowest BCUT2D eigenvalue weighted by molar-refractivity contribution is -0.384. The molecule has 1 unspecified atom stereocenters. The minimum Gasteiger partial charge on any atom is -0.445 e. The summed E-state index contributed by atoms with van der Waals surface area (Å²) in [7, 11) is 0. The highest BCUT2D eigenvalue weighted by atomic mass is 16.6. The Kier molecular flexibility index (Phi) is 5.62. The van der Waals surface area contributed by atoms with Crippen LogP contribution in [0.4, 0.5) is 16.2 Å². The highest BCUT2D eigenvalue weighted by Crippen LogP contribution is 2.29. The van der Waals surface area contributed by atoms with Gasteiger partial charge >= 0.3 is 11.8 Å². The van der Waals surface area contributed by atoms with Gasteiger partial charge in [-0.25, -0.2) is 4.79 Å². The molecular weight excluding hydrogens is 336 g/mol. The van der Waals surface area contributed by atoms with Gasteiger partial charge in [0, 0.05) is 25.3 Å². The first-order chi connectivity index (χ1) is 12.6. The third-order valence-electron chi connectivity index (χ3n) is 4.27. The molecule has 8 heteroatoms. The molecule has 0 radical (unpaired) electrons. The minimum absolute atomic E-state index is 0.0280. The van der Waals surface area contributed by atoms with Crippen LogP contribution >= 0.6 is 0 Å². The van der Waals surface area contributed by atoms with Gasteiger partial charge in [-0.05, 0) is 24.5 Å². The van der Waals surface area contributed by atoms with E-state index in [-0.39, 0.29) is 18.3 Å². The maximum absolute atomic E-state index is 12.0. The van der Waals surface area contributed by atoms with Crippen molar-refractivity contribution in [1.29, 1.82) is 0 Å². The van der Waals surface area contributed by atoms with Crippen LogP contribution in [0.5, 0.6) is 0 Å². The number of piperidine rings is 1. The van der Waals surface area contributed by atoms with Crippen LogP contribution in [0.2, 0.25) is 0 Å². The highest BCUT2D eigenvalue weighted by molar-refractivity contribution is 5.68. The molecule has 136 valence electrons. The van der Waals surface area contributed by atoms with E-state index in [1.807, 2.05) is 35.2 Å². The number of nitro groups is 1. The minimum atomic E-state index is -0.482. The van der Waals surface area contributed by atoms with Gasteiger partial charge in [-0.15, -0.1) is 0 Å². The first kappa shape index (κ1) is 17.7. The van der Waals surface area contributed by atoms with Crippen LogP contribution in [0, 0.1) is 10.1 Å². The Bertz CT molecular complexity index is 769. The van der Waals surface area contributed by atoms with Crippen LogP contribution in [-0.2, 0) is 11.3 Å². The molecule has 0 bridgehead atoms. The molecular formula is C18H20N4O4. The number of alkyl carbamates (subject to hydrolysis) is 1. The van der Waals surface area contributed by atoms with Crippen molar-refractivity contribution in [3.63, 3.8) is 0 Å². The van der Waals surface area contributed by atoms with Crippen molar-refractivity contribution in [1.82, 2.24) is 10.3 Å². The SMILES string of the molecule is O=C(NC1CCCN(c2ccncc2[N+](=O)[O-])C1)OCc1ccccc1. The zero-order valence-electron chi connectivity index (χ0n) is 14.2. The molecule has 1 aromatic heterocycles. The second-order valence-electron chi connectivity index (χ2n) is 6.11. The molecule has 1 aliphatic rings. The molecule has 2 aromatic rings. The molecule has 8 nitrogen and oxygen atoms in total. The smallest absolute Gasteiger partial charge is 0.407 e. The fraction of sp³-hybridized carbons (Fsp3) is 0.333. The Morgan fingerprint density at radius 3 is 2.92 bits per heavy atom. The molecule has 1 N–H and O–H groups in total. The highest BCUT2D eigenvalue weighted by Gasteiger charge is 2.26. The van der Waals surface area contributed by atoms with Crippen molar-refractivity contribution in [2.24, 2.45) is 0 Å². The number of hydrogen-bond donors (Lipinski definition) is 1. The topological polar surface area (TPSA) is 97.6 Å². The molecule has 1 atom stereocenters. The number of carbonyl (C=O) groups is 1. The van der Waals surface area contributed by atoms with Crippen molar-refractivity contribution in [3.05, 3.63) is 64.5 Å². The second kappa shape index (κ2) is 8.28. The molecule has 0 saturated carbocycles. The first-order valence-corrected chi connectivity index (χ1v) is 8.44. The van der Waals surface area contributed by atoms with Gasteiger partial charge in [-0.2, -0.15) is 0 Å². The van der Waals surface area contributed by atoms with Gasteiger partial charge in [-0.1, -0.05) is 30.3 Å². The Morgan fingerprint density at radius 1 is 1.35 bits per heavy atom. The van der Waals surface area contributed by atoms with Gasteiger partial charge in [0.1, 0.15) is 18.5 Å². The zero-order chi connectivity index (χ0) is 18.4. The lowest BCUT2D eigenvalue weighted by Gasteiger charge is -2.34. The molecule has 1 saturated heterocycles. The van der Waals surface area contributed by atoms with E-state index in [1.165, 1.54) is 12.4 Å². The van der Waals surface area contributed by atoms with E-state index in [2.05, 4.69) is 10.3 Å². The van der Waals surface area contributed by atoms with E-state index in [1.54, 1.807) is 6.07 Å². The summed E-state index contributed by atoms with van der Waals surface area (Å²) in [4.78, 5) is 28.5. The third-order valence-corrected chi connectivity index (χ3v) is 4.27. The number of carbonyl (C=O) groups excluding carboxylic acids is 1. The van der Waals surface area contributed by atoms with Crippen LogP contribution in [0.1, 0.15) is 18.4 Å². The summed E-state index contributed by atoms with van der Waals surface area (Å²) in [5, 5.41) is 14.0. The Labute approximate surface area is 150 Å². The Hall–Kier alpha value is -3.16. The summed E-state index contributed by atoms with van der Waals surface area (Å²) in [5.74, 6) is 0. The lowest BCUT2D eigenvalue weighted by Crippen LogP contribution is -2.48. The van der Waals surface area contributed by atoms with Crippen LogP contribution in [0.15, 0.2) is 48.8 Å². The van der Waals surface area contributed by atoms with Gasteiger partial charge in [0.2, 0.25) is 0 Å². The van der Waals surface area contributed by atoms with Crippen LogP contribution < -0.4 is 10.2 Å². The average molecular weight is 356 g/mol. The number of nitrogens with one attached hydrogen (secondary N) is 1. The molecule has 1 fully saturated rings. The Morgan fingerprint density at radius 2 is 2.15 bits per heavy atom. The van der Waals surface area contributed by atoms with Crippen molar-refractivity contribution < 1.29 is 14.5 Å². The number of rotatable bonds is 5. The van der Waals surface area contributed by atoms with Crippen LogP contribution in [-0.4, -0.2) is 35.1 Å². The quantitative estimate of drug-likeness (QED) is 0.653. The second-order valence-corrected chi connectivity index (χ2v) is 6.11. The number of anilines is 1. The van der Waals surface area contributed by atoms with Gasteiger partial charge < -0.3 is 15.0 Å². The zero-order valence-corrected chi connectivity index (χ0v) is 14.2. The monoisotopic (exact) mass is 356 g/mol. The van der Waals surface area contributed by atoms with Crippen molar-refractivity contribution >= 4 is 17.5 Å². The molecule has 1 amide bonds. The summed E-state index contributed by atoms with van der Waals surface area (Å²) in [5.41, 5.74) is 1.41. The van der Waals surface area contributed by atoms with E-state index in [0.29, 0.717) is 18.8 Å². The molecule has 26 heavy (non-hydrogen) atoms. The maximum atomic E-state index is 12.0. The molecule has 0 spiro atoms. The normalized spacial score (nSPS) is 16.8. The molecule has 1 aromatic carbocycles. The summed E-state index contributed by atoms with van der Waals surface area (Å²) in [6.07, 6.45) is 3.93. The predicted molar refractivity (Wildman–Crippen MR) is 95.9 cm³/mol. The standard InChI is InChI=1S/C18H20N4O4/c23-18(26-13-14-5-2-1-3-6-14)20-15-7-4-10-21(12-15)16-8-9-19-11-17(16)22(24)25/h1-3,5-6,8-9,11,15H,4,7,10,12-13H2,(H,20,23). The third kappa shape index (κ3) is 4.47. The Balaban J connectivity index is 1.57. The summed E-state index contributed by atoms with van der Waals surface area (Å²) in [6.45, 7) is 1.40. The molecule has 2 heterocycles. The molecule has 0 aliphatic carbocycles. The summed E-state index contributed by atoms with van der Waals surface area (Å²) in [6, 6.07) is 11.0. The van der Waals surface area contributed by atoms with Gasteiger partial charge in [0.05, 0.1) is 4.92 Å². The fourth-order valence-corrected chi connectivity index (χ4v) is 3.03. The molecule has 3 rings (SSSR count). The largest absolute Gasteiger partial charge is 0.445 e. The van der Waals surface area contributed by atoms with E-state index in [0.717, 1.165) is 18.4 Å². The lowest BCUT2D eigenvalue weighted by atomic mass is 10.1. The van der Waals surface area contributed by atoms with Crippen LogP contribution in [0.25, 0.3) is 0 Å². The number of ether oxygens (including phenoxy) is 1. The number of aromatic nitrogens is 1. The number of hydrogen-bond acceptors (Lipinski definition) is 6. The van der Waals surface area contributed by atoms with E-state index in [4.69, 9.17) is 4.74 Å². The first-order valence-electron chi connectivity index (χ1n) is 8.44. The van der Waals surface area contributed by atoms with Gasteiger partial charge in [-0.3, -0.25) is 15.1 Å². The van der Waals surface area contributed by atoms with E-state index >= 15 is 0 Å². The average Bonchev–Trinajstić information content (AvgIpc) is 2.67. The van der Waals surface area contributed by atoms with Crippen molar-refractivity contribution in [2.45, 2.75) is 25.5 Å². The predicted octanol–water partition coefficient (Wildman–Crippen LogP) is 2.89. The number of pyridine rings is 1. The number of nitrogens with zero attached hydrogens (tertiary/aromatic N) is 3.